The fraction of sp³-hybridized carbons (Fsp3) is 0.579. The summed E-state index contributed by atoms with van der Waals surface area (Å²) in [7, 11) is 0. The Morgan fingerprint density at radius 2 is 1.76 bits per heavy atom. The minimum Gasteiger partial charge on any atom is -0.507 e. The lowest BCUT2D eigenvalue weighted by atomic mass is 9.98. The lowest BCUT2D eigenvalue weighted by Gasteiger charge is -2.36. The molecule has 0 bridgehead atoms. The molecule has 2 N–H and O–H groups in total. The molecule has 9 nitrogen and oxygen atoms in total. The number of ether oxygens (including phenoxy) is 5. The number of carbonyl (C=O) groups is 1. The highest BCUT2D eigenvalue weighted by Gasteiger charge is 2.62. The fourth-order valence-electron chi connectivity index (χ4n) is 3.68. The lowest BCUT2D eigenvalue weighted by molar-refractivity contribution is -0.231. The summed E-state index contributed by atoms with van der Waals surface area (Å²) < 4.78 is 30.2. The molecule has 3 aliphatic rings. The molecule has 0 spiro atoms. The third kappa shape index (κ3) is 4.18. The number of amides is 1. The number of hydrogen-bond donors (Lipinski definition) is 2. The number of hydrazone groups is 1. The van der Waals surface area contributed by atoms with Gasteiger partial charge in [-0.1, -0.05) is 15.9 Å². The Bertz CT molecular complexity index is 844. The maximum absolute atomic E-state index is 12.8. The van der Waals surface area contributed by atoms with Crippen molar-refractivity contribution in [3.05, 3.63) is 28.2 Å². The van der Waals surface area contributed by atoms with Crippen LogP contribution in [0.3, 0.4) is 0 Å². The maximum atomic E-state index is 12.8. The number of fused-ring (bicyclic) bond motifs is 3. The van der Waals surface area contributed by atoms with E-state index in [4.69, 9.17) is 23.7 Å². The summed E-state index contributed by atoms with van der Waals surface area (Å²) in [6.07, 6.45) is -2.15. The molecule has 158 valence electrons. The topological polar surface area (TPSA) is 108 Å². The highest BCUT2D eigenvalue weighted by Crippen LogP contribution is 2.44. The number of nitrogens with zero attached hydrogens (tertiary/aromatic N) is 1. The molecule has 5 unspecified atom stereocenters. The second-order valence-electron chi connectivity index (χ2n) is 8.03. The third-order valence-corrected chi connectivity index (χ3v) is 5.27. The first-order chi connectivity index (χ1) is 13.5. The Morgan fingerprint density at radius 3 is 2.52 bits per heavy atom. The zero-order valence-corrected chi connectivity index (χ0v) is 18.0. The molecule has 0 aliphatic carbocycles. The van der Waals surface area contributed by atoms with Crippen LogP contribution in [0.15, 0.2) is 27.8 Å². The second kappa shape index (κ2) is 7.29. The van der Waals surface area contributed by atoms with E-state index in [2.05, 4.69) is 26.5 Å². The summed E-state index contributed by atoms with van der Waals surface area (Å²) in [5.74, 6) is -2.24. The van der Waals surface area contributed by atoms with Crippen molar-refractivity contribution in [2.45, 2.75) is 70.0 Å². The quantitative estimate of drug-likeness (QED) is 0.513. The van der Waals surface area contributed by atoms with Gasteiger partial charge >= 0.3 is 0 Å². The molecule has 3 heterocycles. The maximum Gasteiger partial charge on any atom is 0.272 e. The van der Waals surface area contributed by atoms with Gasteiger partial charge in [0.05, 0.1) is 6.21 Å². The third-order valence-electron chi connectivity index (χ3n) is 4.78. The molecule has 1 amide bonds. The molecule has 1 aromatic carbocycles. The first-order valence-corrected chi connectivity index (χ1v) is 10.0. The number of benzene rings is 1. The van der Waals surface area contributed by atoms with Crippen molar-refractivity contribution in [3.63, 3.8) is 0 Å². The molecule has 3 aliphatic heterocycles. The molecular formula is C19H23BrN2O7. The molecule has 3 fully saturated rings. The normalized spacial score (nSPS) is 34.7. The highest BCUT2D eigenvalue weighted by atomic mass is 79.9. The first kappa shape index (κ1) is 20.7. The molecule has 4 rings (SSSR count). The number of hydrogen-bond acceptors (Lipinski definition) is 8. The molecule has 0 radical (unpaired) electrons. The lowest BCUT2D eigenvalue weighted by Crippen LogP contribution is -2.59. The molecule has 5 atom stereocenters. The summed E-state index contributed by atoms with van der Waals surface area (Å²) >= 11 is 3.32. The van der Waals surface area contributed by atoms with Gasteiger partial charge in [-0.05, 0) is 45.9 Å². The number of nitrogens with one attached hydrogen (secondary N) is 1. The first-order valence-electron chi connectivity index (χ1n) is 9.23. The van der Waals surface area contributed by atoms with E-state index in [1.54, 1.807) is 39.8 Å². The molecule has 29 heavy (non-hydrogen) atoms. The largest absolute Gasteiger partial charge is 0.507 e. The molecule has 0 saturated carbocycles. The Hall–Kier alpha value is -1.56. The van der Waals surface area contributed by atoms with Crippen LogP contribution >= 0.6 is 15.9 Å². The minimum absolute atomic E-state index is 0.0380. The van der Waals surface area contributed by atoms with E-state index in [0.29, 0.717) is 5.56 Å². The van der Waals surface area contributed by atoms with Gasteiger partial charge in [0.1, 0.15) is 24.1 Å². The van der Waals surface area contributed by atoms with E-state index in [1.807, 2.05) is 0 Å². The molecule has 3 saturated heterocycles. The van der Waals surface area contributed by atoms with Crippen LogP contribution < -0.4 is 5.43 Å². The van der Waals surface area contributed by atoms with Gasteiger partial charge in [-0.2, -0.15) is 5.10 Å². The summed E-state index contributed by atoms with van der Waals surface area (Å²) in [4.78, 5) is 12.8. The molecular weight excluding hydrogens is 448 g/mol. The van der Waals surface area contributed by atoms with E-state index in [1.165, 1.54) is 12.3 Å². The van der Waals surface area contributed by atoms with Crippen LogP contribution in [0, 0.1) is 0 Å². The zero-order chi connectivity index (χ0) is 21.0. The SMILES string of the molecule is CC1(C)OC2OC(C(=O)N/N=C/c3cc(Br)ccc3O)C3OC(C)(C)OC3C2O1. The van der Waals surface area contributed by atoms with E-state index >= 15 is 0 Å². The van der Waals surface area contributed by atoms with Crippen LogP contribution in [0.4, 0.5) is 0 Å². The van der Waals surface area contributed by atoms with Crippen molar-refractivity contribution >= 4 is 28.1 Å². The highest BCUT2D eigenvalue weighted by molar-refractivity contribution is 9.10. The van der Waals surface area contributed by atoms with Gasteiger partial charge in [0.15, 0.2) is 24.0 Å². The van der Waals surface area contributed by atoms with Crippen LogP contribution in [0.5, 0.6) is 5.75 Å². The fourth-order valence-corrected chi connectivity index (χ4v) is 4.06. The Morgan fingerprint density at radius 1 is 1.10 bits per heavy atom. The molecule has 0 aromatic heterocycles. The van der Waals surface area contributed by atoms with E-state index in [9.17, 15) is 9.90 Å². The van der Waals surface area contributed by atoms with Gasteiger partial charge in [0.25, 0.3) is 5.91 Å². The summed E-state index contributed by atoms with van der Waals surface area (Å²) in [5, 5.41) is 13.8. The van der Waals surface area contributed by atoms with Crippen molar-refractivity contribution in [1.82, 2.24) is 5.43 Å². The number of halogens is 1. The van der Waals surface area contributed by atoms with Crippen molar-refractivity contribution in [2.24, 2.45) is 5.10 Å². The smallest absolute Gasteiger partial charge is 0.272 e. The summed E-state index contributed by atoms with van der Waals surface area (Å²) in [6, 6.07) is 4.89. The van der Waals surface area contributed by atoms with Crippen molar-refractivity contribution in [3.8, 4) is 5.75 Å². The van der Waals surface area contributed by atoms with Gasteiger partial charge in [-0.15, -0.1) is 0 Å². The Labute approximate surface area is 176 Å². The van der Waals surface area contributed by atoms with E-state index in [-0.39, 0.29) is 5.75 Å². The standard InChI is InChI=1S/C19H23BrN2O7/c1-18(2)26-12-13(27-18)15-17(29-19(3,4)28-15)25-14(12)16(24)22-21-8-9-7-10(20)5-6-11(9)23/h5-8,12-15,17,23H,1-4H3,(H,22,24)/b21-8+. The number of phenolic OH excluding ortho intramolecular Hbond substituents is 1. The Balaban J connectivity index is 1.50. The van der Waals surface area contributed by atoms with Crippen LogP contribution in [0.1, 0.15) is 33.3 Å². The van der Waals surface area contributed by atoms with Crippen LogP contribution in [0.2, 0.25) is 0 Å². The van der Waals surface area contributed by atoms with E-state index in [0.717, 1.165) is 4.47 Å². The number of rotatable bonds is 3. The average molecular weight is 471 g/mol. The van der Waals surface area contributed by atoms with Crippen molar-refractivity contribution < 1.29 is 33.6 Å². The van der Waals surface area contributed by atoms with Crippen LogP contribution in [-0.4, -0.2) is 59.5 Å². The average Bonchev–Trinajstić information content (AvgIpc) is 3.11. The summed E-state index contributed by atoms with van der Waals surface area (Å²) in [5.41, 5.74) is 2.88. The van der Waals surface area contributed by atoms with Gasteiger partial charge in [0.2, 0.25) is 0 Å². The Kier molecular flexibility index (Phi) is 5.21. The van der Waals surface area contributed by atoms with E-state index < -0.39 is 48.2 Å². The second-order valence-corrected chi connectivity index (χ2v) is 8.94. The minimum atomic E-state index is -1.01. The monoisotopic (exact) mass is 470 g/mol. The van der Waals surface area contributed by atoms with Gasteiger partial charge < -0.3 is 28.8 Å². The summed E-state index contributed by atoms with van der Waals surface area (Å²) in [6.45, 7) is 7.08. The van der Waals surface area contributed by atoms with Gasteiger partial charge in [0, 0.05) is 10.0 Å². The molecule has 1 aromatic rings. The van der Waals surface area contributed by atoms with Gasteiger partial charge in [-0.3, -0.25) is 4.79 Å². The van der Waals surface area contributed by atoms with Crippen LogP contribution in [-0.2, 0) is 28.5 Å². The number of phenols is 1. The van der Waals surface area contributed by atoms with Crippen LogP contribution in [0.25, 0.3) is 0 Å². The predicted octanol–water partition coefficient (Wildman–Crippen LogP) is 2.00. The van der Waals surface area contributed by atoms with Crippen molar-refractivity contribution in [2.75, 3.05) is 0 Å². The number of aromatic hydroxyl groups is 1. The number of carbonyl (C=O) groups excluding carboxylic acids is 1. The van der Waals surface area contributed by atoms with Gasteiger partial charge in [-0.25, -0.2) is 5.43 Å². The zero-order valence-electron chi connectivity index (χ0n) is 16.4. The molecule has 10 heteroatoms. The predicted molar refractivity (Wildman–Crippen MR) is 104 cm³/mol. The van der Waals surface area contributed by atoms with Crippen molar-refractivity contribution in [1.29, 1.82) is 0 Å².